The number of benzene rings is 2. The first kappa shape index (κ1) is 18.2. The molecule has 0 bridgehead atoms. The second-order valence-electron chi connectivity index (χ2n) is 7.30. The molecule has 0 saturated carbocycles. The minimum absolute atomic E-state index is 0.0470. The summed E-state index contributed by atoms with van der Waals surface area (Å²) in [5.41, 5.74) is 2.06. The summed E-state index contributed by atoms with van der Waals surface area (Å²) in [7, 11) is 0. The van der Waals surface area contributed by atoms with Crippen molar-refractivity contribution in [3.8, 4) is 22.8 Å². The molecule has 4 aromatic rings. The SMILES string of the molecule is O=C(c1ccccc1-c1nc(-c2ccccc2)no1)N1CCCC(c2ncn[nH]2)C1. The van der Waals surface area contributed by atoms with Gasteiger partial charge in [-0.25, -0.2) is 4.98 Å². The topological polar surface area (TPSA) is 101 Å². The van der Waals surface area contributed by atoms with Crippen LogP contribution >= 0.6 is 0 Å². The number of rotatable bonds is 4. The van der Waals surface area contributed by atoms with Crippen molar-refractivity contribution < 1.29 is 9.32 Å². The van der Waals surface area contributed by atoms with Crippen LogP contribution in [0.1, 0.15) is 34.9 Å². The Morgan fingerprint density at radius 1 is 1.10 bits per heavy atom. The number of piperidine rings is 1. The smallest absolute Gasteiger partial charge is 0.259 e. The lowest BCUT2D eigenvalue weighted by Crippen LogP contribution is -2.39. The van der Waals surface area contributed by atoms with Crippen LogP contribution in [0.2, 0.25) is 0 Å². The van der Waals surface area contributed by atoms with Crippen LogP contribution in [0.25, 0.3) is 22.8 Å². The van der Waals surface area contributed by atoms with E-state index in [9.17, 15) is 4.79 Å². The van der Waals surface area contributed by atoms with Gasteiger partial charge in [-0.05, 0) is 25.0 Å². The van der Waals surface area contributed by atoms with Crippen molar-refractivity contribution in [1.82, 2.24) is 30.2 Å². The Morgan fingerprint density at radius 2 is 1.93 bits per heavy atom. The fraction of sp³-hybridized carbons (Fsp3) is 0.227. The highest BCUT2D eigenvalue weighted by atomic mass is 16.5. The van der Waals surface area contributed by atoms with Crippen LogP contribution in [0, 0.1) is 0 Å². The number of H-pyrrole nitrogens is 1. The number of hydrogen-bond donors (Lipinski definition) is 1. The molecular weight excluding hydrogens is 380 g/mol. The molecule has 1 fully saturated rings. The van der Waals surface area contributed by atoms with Crippen LogP contribution < -0.4 is 0 Å². The number of nitrogens with one attached hydrogen (secondary N) is 1. The third-order valence-corrected chi connectivity index (χ3v) is 5.37. The Kier molecular flexibility index (Phi) is 4.80. The van der Waals surface area contributed by atoms with Gasteiger partial charge in [0.1, 0.15) is 12.2 Å². The average molecular weight is 400 g/mol. The molecule has 3 heterocycles. The third kappa shape index (κ3) is 3.47. The maximum Gasteiger partial charge on any atom is 0.259 e. The van der Waals surface area contributed by atoms with Gasteiger partial charge in [0.15, 0.2) is 0 Å². The van der Waals surface area contributed by atoms with Crippen molar-refractivity contribution in [2.45, 2.75) is 18.8 Å². The standard InChI is InChI=1S/C22H20N6O2/c29-22(28-12-6-9-16(13-28)19-23-14-24-26-19)18-11-5-4-10-17(18)21-25-20(27-30-21)15-7-2-1-3-8-15/h1-5,7-8,10-11,14,16H,6,9,12-13H2,(H,23,24,26). The second-order valence-corrected chi connectivity index (χ2v) is 7.30. The quantitative estimate of drug-likeness (QED) is 0.562. The van der Waals surface area contributed by atoms with Gasteiger partial charge in [-0.3, -0.25) is 9.89 Å². The zero-order valence-electron chi connectivity index (χ0n) is 16.2. The lowest BCUT2D eigenvalue weighted by atomic mass is 9.96. The van der Waals surface area contributed by atoms with E-state index in [1.165, 1.54) is 6.33 Å². The first-order valence-corrected chi connectivity index (χ1v) is 9.92. The Morgan fingerprint density at radius 3 is 2.77 bits per heavy atom. The minimum atomic E-state index is -0.0470. The number of nitrogens with zero attached hydrogens (tertiary/aromatic N) is 5. The van der Waals surface area contributed by atoms with Crippen LogP contribution in [0.15, 0.2) is 65.4 Å². The van der Waals surface area contributed by atoms with Crippen LogP contribution in [0.4, 0.5) is 0 Å². The zero-order valence-corrected chi connectivity index (χ0v) is 16.2. The molecule has 1 aliphatic rings. The maximum absolute atomic E-state index is 13.4. The van der Waals surface area contributed by atoms with Gasteiger partial charge in [-0.15, -0.1) is 0 Å². The number of carbonyl (C=O) groups is 1. The summed E-state index contributed by atoms with van der Waals surface area (Å²) in [5, 5.41) is 11.0. The molecule has 1 atom stereocenters. The molecule has 1 amide bonds. The monoisotopic (exact) mass is 400 g/mol. The Hall–Kier alpha value is -3.81. The summed E-state index contributed by atoms with van der Waals surface area (Å²) in [6.45, 7) is 1.30. The van der Waals surface area contributed by atoms with Gasteiger partial charge in [-0.2, -0.15) is 10.1 Å². The maximum atomic E-state index is 13.4. The number of carbonyl (C=O) groups excluding carboxylic acids is 1. The van der Waals surface area contributed by atoms with Gasteiger partial charge in [-0.1, -0.05) is 47.6 Å². The molecule has 8 nitrogen and oxygen atoms in total. The molecule has 150 valence electrons. The Balaban J connectivity index is 1.42. The fourth-order valence-corrected chi connectivity index (χ4v) is 3.86. The van der Waals surface area contributed by atoms with E-state index in [2.05, 4.69) is 25.3 Å². The summed E-state index contributed by atoms with van der Waals surface area (Å²) in [6, 6.07) is 17.0. The highest BCUT2D eigenvalue weighted by Gasteiger charge is 2.29. The number of amides is 1. The summed E-state index contributed by atoms with van der Waals surface area (Å²) < 4.78 is 5.51. The normalized spacial score (nSPS) is 16.5. The molecule has 1 unspecified atom stereocenters. The third-order valence-electron chi connectivity index (χ3n) is 5.37. The van der Waals surface area contributed by atoms with Crippen LogP contribution in [-0.2, 0) is 0 Å². The fourth-order valence-electron chi connectivity index (χ4n) is 3.86. The molecule has 30 heavy (non-hydrogen) atoms. The number of aromatic nitrogens is 5. The highest BCUT2D eigenvalue weighted by molar-refractivity contribution is 6.00. The molecular formula is C22H20N6O2. The van der Waals surface area contributed by atoms with E-state index in [-0.39, 0.29) is 11.8 Å². The van der Waals surface area contributed by atoms with E-state index in [1.807, 2.05) is 59.5 Å². The van der Waals surface area contributed by atoms with Crippen LogP contribution in [-0.4, -0.2) is 49.2 Å². The molecule has 1 aliphatic heterocycles. The summed E-state index contributed by atoms with van der Waals surface area (Å²) in [4.78, 5) is 24.0. The lowest BCUT2D eigenvalue weighted by molar-refractivity contribution is 0.0705. The van der Waals surface area contributed by atoms with E-state index in [0.717, 1.165) is 24.2 Å². The summed E-state index contributed by atoms with van der Waals surface area (Å²) in [5.74, 6) is 1.77. The van der Waals surface area contributed by atoms with Gasteiger partial charge in [0, 0.05) is 24.6 Å². The summed E-state index contributed by atoms with van der Waals surface area (Å²) >= 11 is 0. The summed E-state index contributed by atoms with van der Waals surface area (Å²) in [6.07, 6.45) is 3.40. The zero-order chi connectivity index (χ0) is 20.3. The molecule has 5 rings (SSSR count). The molecule has 0 radical (unpaired) electrons. The predicted molar refractivity (Wildman–Crippen MR) is 109 cm³/mol. The Bertz CT molecular complexity index is 1140. The number of aromatic amines is 1. The van der Waals surface area contributed by atoms with E-state index in [1.54, 1.807) is 0 Å². The van der Waals surface area contributed by atoms with Crippen molar-refractivity contribution in [2.75, 3.05) is 13.1 Å². The molecule has 2 aromatic carbocycles. The lowest BCUT2D eigenvalue weighted by Gasteiger charge is -2.32. The Labute approximate surface area is 173 Å². The van der Waals surface area contributed by atoms with E-state index in [0.29, 0.717) is 35.9 Å². The highest BCUT2D eigenvalue weighted by Crippen LogP contribution is 2.29. The van der Waals surface area contributed by atoms with Crippen LogP contribution in [0.3, 0.4) is 0 Å². The number of likely N-dealkylation sites (tertiary alicyclic amines) is 1. The first-order chi connectivity index (χ1) is 14.8. The van der Waals surface area contributed by atoms with E-state index >= 15 is 0 Å². The van der Waals surface area contributed by atoms with Crippen LogP contribution in [0.5, 0.6) is 0 Å². The molecule has 0 spiro atoms. The molecule has 8 heteroatoms. The van der Waals surface area contributed by atoms with Gasteiger partial charge in [0.25, 0.3) is 11.8 Å². The molecule has 2 aromatic heterocycles. The first-order valence-electron chi connectivity index (χ1n) is 9.92. The predicted octanol–water partition coefficient (Wildman–Crippen LogP) is 3.54. The average Bonchev–Trinajstić information content (AvgIpc) is 3.52. The number of hydrogen-bond acceptors (Lipinski definition) is 6. The second kappa shape index (κ2) is 7.90. The van der Waals surface area contributed by atoms with Gasteiger partial charge >= 0.3 is 0 Å². The molecule has 1 saturated heterocycles. The van der Waals surface area contributed by atoms with E-state index < -0.39 is 0 Å². The van der Waals surface area contributed by atoms with Gasteiger partial charge in [0.05, 0.1) is 11.1 Å². The van der Waals surface area contributed by atoms with Gasteiger partial charge in [0.2, 0.25) is 5.82 Å². The van der Waals surface area contributed by atoms with E-state index in [4.69, 9.17) is 4.52 Å². The van der Waals surface area contributed by atoms with Crippen molar-refractivity contribution in [1.29, 1.82) is 0 Å². The van der Waals surface area contributed by atoms with Gasteiger partial charge < -0.3 is 9.42 Å². The largest absolute Gasteiger partial charge is 0.338 e. The molecule has 0 aliphatic carbocycles. The molecule has 1 N–H and O–H groups in total. The van der Waals surface area contributed by atoms with Crippen molar-refractivity contribution in [2.24, 2.45) is 0 Å². The minimum Gasteiger partial charge on any atom is -0.338 e. The van der Waals surface area contributed by atoms with Crippen molar-refractivity contribution >= 4 is 5.91 Å². The van der Waals surface area contributed by atoms with Crippen molar-refractivity contribution in [3.05, 3.63) is 72.3 Å². The van der Waals surface area contributed by atoms with Crippen molar-refractivity contribution in [3.63, 3.8) is 0 Å².